The number of phosphoric ester groups is 2. The second-order valence-electron chi connectivity index (χ2n) is 3.38. The second kappa shape index (κ2) is 12.2. The zero-order chi connectivity index (χ0) is 18.1. The smallest absolute Gasteiger partial charge is 0.394 e. The second-order valence-corrected chi connectivity index (χ2v) is 5.71. The van der Waals surface area contributed by atoms with Crippen molar-refractivity contribution in [3.05, 3.63) is 0 Å². The van der Waals surface area contributed by atoms with Gasteiger partial charge in [0.25, 0.3) is 0 Å². The molecule has 0 saturated heterocycles. The van der Waals surface area contributed by atoms with E-state index in [1.807, 2.05) is 0 Å². The Labute approximate surface area is 145 Å². The van der Waals surface area contributed by atoms with Gasteiger partial charge in [-0.3, -0.25) is 19.6 Å². The molecule has 134 valence electrons. The van der Waals surface area contributed by atoms with Crippen molar-refractivity contribution in [1.29, 1.82) is 0 Å². The van der Waals surface area contributed by atoms with Gasteiger partial charge in [0.15, 0.2) is 0 Å². The van der Waals surface area contributed by atoms with Gasteiger partial charge in [0.1, 0.15) is 12.1 Å². The topological polar surface area (TPSA) is 260 Å². The van der Waals surface area contributed by atoms with Crippen LogP contribution in [0.2, 0.25) is 0 Å². The lowest BCUT2D eigenvalue weighted by Crippen LogP contribution is -2.34. The maximum absolute atomic E-state index is 10.4. The monoisotopic (exact) mass is 394 g/mol. The van der Waals surface area contributed by atoms with E-state index < -0.39 is 52.9 Å². The van der Waals surface area contributed by atoms with Crippen molar-refractivity contribution in [3.8, 4) is 0 Å². The van der Waals surface area contributed by atoms with Crippen LogP contribution in [-0.4, -0.2) is 90.1 Å². The molecule has 0 aliphatic carbocycles. The molecule has 2 atom stereocenters. The van der Waals surface area contributed by atoms with Crippen LogP contribution >= 0.6 is 15.6 Å². The van der Waals surface area contributed by atoms with Crippen LogP contribution in [0.5, 0.6) is 0 Å². The standard InChI is InChI=1S/2C3H8NO6P.Mg/c2*4-2(1-5)3(6)10-11(7,8)9;/h2*2,5H,1,4H2,(H2,7,8,9);/t2*2-;/m00./s1. The molecule has 0 aromatic heterocycles. The van der Waals surface area contributed by atoms with Gasteiger partial charge in [-0.2, -0.15) is 0 Å². The molecular weight excluding hydrogens is 378 g/mol. The number of aliphatic hydroxyl groups excluding tert-OH is 2. The van der Waals surface area contributed by atoms with E-state index in [2.05, 4.69) is 9.05 Å². The van der Waals surface area contributed by atoms with Crippen LogP contribution in [0.15, 0.2) is 0 Å². The summed E-state index contributed by atoms with van der Waals surface area (Å²) in [6, 6.07) is -2.83. The summed E-state index contributed by atoms with van der Waals surface area (Å²) in [5.74, 6) is -2.67. The Morgan fingerprint density at radius 2 is 1.04 bits per heavy atom. The fourth-order valence-electron chi connectivity index (χ4n) is 0.519. The van der Waals surface area contributed by atoms with Gasteiger partial charge < -0.3 is 30.7 Å². The van der Waals surface area contributed by atoms with Gasteiger partial charge in [-0.25, -0.2) is 18.7 Å². The molecule has 2 radical (unpaired) electrons. The molecule has 0 spiro atoms. The zero-order valence-electron chi connectivity index (χ0n) is 11.5. The van der Waals surface area contributed by atoms with Gasteiger partial charge >= 0.3 is 27.6 Å². The number of aliphatic hydroxyl groups is 2. The Morgan fingerprint density at radius 1 is 0.826 bits per heavy atom. The predicted octanol–water partition coefficient (Wildman–Crippen LogP) is -4.50. The number of hydrogen-bond donors (Lipinski definition) is 8. The number of nitrogens with two attached hydrogens (primary N) is 2. The van der Waals surface area contributed by atoms with Crippen molar-refractivity contribution in [2.45, 2.75) is 12.1 Å². The van der Waals surface area contributed by atoms with Gasteiger partial charge in [0.2, 0.25) is 0 Å². The summed E-state index contributed by atoms with van der Waals surface area (Å²) >= 11 is 0. The van der Waals surface area contributed by atoms with Crippen molar-refractivity contribution in [3.63, 3.8) is 0 Å². The molecule has 0 aliphatic heterocycles. The first-order valence-electron chi connectivity index (χ1n) is 5.04. The quantitative estimate of drug-likeness (QED) is 0.156. The summed E-state index contributed by atoms with van der Waals surface area (Å²) in [6.45, 7) is -1.45. The lowest BCUT2D eigenvalue weighted by atomic mass is 10.3. The molecular formula is C6H16MgN2O12P2. The van der Waals surface area contributed by atoms with Crippen molar-refractivity contribution >= 4 is 50.6 Å². The van der Waals surface area contributed by atoms with E-state index in [1.165, 1.54) is 0 Å². The van der Waals surface area contributed by atoms with Crippen molar-refractivity contribution < 1.29 is 57.6 Å². The van der Waals surface area contributed by atoms with Gasteiger partial charge in [0, 0.05) is 23.1 Å². The number of hydrogen-bond acceptors (Lipinski definition) is 10. The van der Waals surface area contributed by atoms with Crippen LogP contribution in [0, 0.1) is 0 Å². The van der Waals surface area contributed by atoms with E-state index in [0.717, 1.165) is 0 Å². The first-order valence-corrected chi connectivity index (χ1v) is 8.10. The summed E-state index contributed by atoms with van der Waals surface area (Å²) < 4.78 is 27.0. The maximum Gasteiger partial charge on any atom is 0.527 e. The Morgan fingerprint density at radius 3 is 1.17 bits per heavy atom. The number of phosphoric acid groups is 2. The van der Waals surface area contributed by atoms with Crippen LogP contribution in [0.1, 0.15) is 0 Å². The fourth-order valence-corrected chi connectivity index (χ4v) is 1.26. The number of rotatable bonds is 6. The highest BCUT2D eigenvalue weighted by Gasteiger charge is 2.25. The zero-order valence-corrected chi connectivity index (χ0v) is 14.7. The summed E-state index contributed by atoms with van der Waals surface area (Å²) in [4.78, 5) is 53.0. The molecule has 0 saturated carbocycles. The van der Waals surface area contributed by atoms with E-state index in [9.17, 15) is 18.7 Å². The molecule has 23 heavy (non-hydrogen) atoms. The van der Waals surface area contributed by atoms with E-state index in [0.29, 0.717) is 0 Å². The molecule has 0 unspecified atom stereocenters. The third-order valence-electron chi connectivity index (χ3n) is 1.42. The number of carbonyl (C=O) groups is 2. The SMILES string of the molecule is N[C@@H](CO)C(=O)OP(=O)(O)O.N[C@@H](CO)C(=O)OP(=O)(O)O.[Mg]. The first-order chi connectivity index (χ1) is 9.73. The van der Waals surface area contributed by atoms with Crippen LogP contribution < -0.4 is 11.5 Å². The molecule has 0 aromatic rings. The highest BCUT2D eigenvalue weighted by molar-refractivity contribution is 7.47. The molecule has 0 heterocycles. The lowest BCUT2D eigenvalue weighted by molar-refractivity contribution is -0.139. The fraction of sp³-hybridized carbons (Fsp3) is 0.667. The minimum atomic E-state index is -4.83. The van der Waals surface area contributed by atoms with E-state index in [4.69, 9.17) is 41.3 Å². The van der Waals surface area contributed by atoms with Gasteiger partial charge in [-0.15, -0.1) is 0 Å². The van der Waals surface area contributed by atoms with Crippen molar-refractivity contribution in [1.82, 2.24) is 0 Å². The highest BCUT2D eigenvalue weighted by Crippen LogP contribution is 2.36. The third kappa shape index (κ3) is 18.0. The molecule has 0 amide bonds. The van der Waals surface area contributed by atoms with Crippen molar-refractivity contribution in [2.75, 3.05) is 13.2 Å². The summed E-state index contributed by atoms with van der Waals surface area (Å²) in [7, 11) is -9.66. The predicted molar refractivity (Wildman–Crippen MR) is 72.1 cm³/mol. The van der Waals surface area contributed by atoms with E-state index >= 15 is 0 Å². The molecule has 17 heteroatoms. The van der Waals surface area contributed by atoms with Gasteiger partial charge in [0.05, 0.1) is 13.2 Å². The lowest BCUT2D eigenvalue weighted by Gasteiger charge is -2.08. The van der Waals surface area contributed by atoms with Crippen molar-refractivity contribution in [2.24, 2.45) is 11.5 Å². The molecule has 0 aliphatic rings. The Balaban J connectivity index is -0.000000333. The molecule has 0 aromatic carbocycles. The first kappa shape index (κ1) is 27.7. The molecule has 0 bridgehead atoms. The van der Waals surface area contributed by atoms with Gasteiger partial charge in [-0.1, -0.05) is 0 Å². The Bertz CT molecular complexity index is 420. The summed E-state index contributed by atoms with van der Waals surface area (Å²) in [5, 5.41) is 16.4. The summed E-state index contributed by atoms with van der Waals surface area (Å²) in [5.41, 5.74) is 9.71. The maximum atomic E-state index is 10.4. The minimum absolute atomic E-state index is 0. The minimum Gasteiger partial charge on any atom is -0.394 e. The molecule has 0 fully saturated rings. The molecule has 14 nitrogen and oxygen atoms in total. The van der Waals surface area contributed by atoms with Gasteiger partial charge in [-0.05, 0) is 0 Å². The molecule has 10 N–H and O–H groups in total. The van der Waals surface area contributed by atoms with Crippen LogP contribution in [0.3, 0.4) is 0 Å². The average Bonchev–Trinajstić information content (AvgIpc) is 2.33. The van der Waals surface area contributed by atoms with Crippen LogP contribution in [-0.2, 0) is 27.8 Å². The van der Waals surface area contributed by atoms with Crippen LogP contribution in [0.4, 0.5) is 0 Å². The molecule has 0 rings (SSSR count). The van der Waals surface area contributed by atoms with E-state index in [1.54, 1.807) is 0 Å². The Kier molecular flexibility index (Phi) is 14.7. The van der Waals surface area contributed by atoms with Crippen LogP contribution in [0.25, 0.3) is 0 Å². The number of carbonyl (C=O) groups excluding carboxylic acids is 2. The third-order valence-corrected chi connectivity index (χ3v) is 2.25. The van der Waals surface area contributed by atoms with E-state index in [-0.39, 0.29) is 23.1 Å². The Hall–Kier alpha value is -0.154. The normalized spacial score (nSPS) is 13.6. The summed E-state index contributed by atoms with van der Waals surface area (Å²) in [6.07, 6.45) is 0. The highest BCUT2D eigenvalue weighted by atomic mass is 31.2. The average molecular weight is 394 g/mol. The largest absolute Gasteiger partial charge is 0.527 e.